The van der Waals surface area contributed by atoms with Gasteiger partial charge >= 0.3 is 5.97 Å². The van der Waals surface area contributed by atoms with Gasteiger partial charge in [-0.1, -0.05) is 6.92 Å². The Bertz CT molecular complexity index is 169. The molecule has 0 radical (unpaired) electrons. The van der Waals surface area contributed by atoms with Gasteiger partial charge in [0.05, 0.1) is 7.11 Å². The normalized spacial score (nSPS) is 15.5. The molecule has 2 N–H and O–H groups in total. The fourth-order valence-electron chi connectivity index (χ4n) is 0.916. The number of carbonyl (C=O) groups excluding carboxylic acids is 1. The van der Waals surface area contributed by atoms with Crippen molar-refractivity contribution in [2.45, 2.75) is 25.8 Å². The van der Waals surface area contributed by atoms with Crippen LogP contribution in [-0.4, -0.2) is 43.7 Å². The van der Waals surface area contributed by atoms with Crippen molar-refractivity contribution >= 4 is 5.97 Å². The van der Waals surface area contributed by atoms with Crippen LogP contribution in [0.3, 0.4) is 0 Å². The van der Waals surface area contributed by atoms with Crippen LogP contribution < -0.4 is 5.73 Å². The Morgan fingerprint density at radius 2 is 2.15 bits per heavy atom. The van der Waals surface area contributed by atoms with Gasteiger partial charge in [0.2, 0.25) is 0 Å². The van der Waals surface area contributed by atoms with Crippen LogP contribution in [0, 0.1) is 0 Å². The van der Waals surface area contributed by atoms with Gasteiger partial charge in [-0.2, -0.15) is 0 Å². The monoisotopic (exact) mass is 188 g/mol. The molecule has 0 aliphatic heterocycles. The zero-order valence-electron chi connectivity index (χ0n) is 8.96. The minimum atomic E-state index is -0.863. The SMILES string of the molecule is CCN(C)CCC(C)(N)C(=O)OC. The number of methoxy groups -OCH3 is 1. The Balaban J connectivity index is 3.95. The van der Waals surface area contributed by atoms with Gasteiger partial charge in [0.15, 0.2) is 0 Å². The van der Waals surface area contributed by atoms with Crippen LogP contribution in [-0.2, 0) is 9.53 Å². The van der Waals surface area contributed by atoms with Gasteiger partial charge < -0.3 is 15.4 Å². The van der Waals surface area contributed by atoms with Crippen molar-refractivity contribution < 1.29 is 9.53 Å². The van der Waals surface area contributed by atoms with Crippen LogP contribution in [0.2, 0.25) is 0 Å². The molecule has 1 atom stereocenters. The van der Waals surface area contributed by atoms with E-state index in [0.717, 1.165) is 13.1 Å². The Labute approximate surface area is 80.0 Å². The van der Waals surface area contributed by atoms with E-state index < -0.39 is 5.54 Å². The molecule has 0 aromatic heterocycles. The molecule has 78 valence electrons. The number of rotatable bonds is 5. The third kappa shape index (κ3) is 4.24. The first-order valence-corrected chi connectivity index (χ1v) is 4.50. The van der Waals surface area contributed by atoms with E-state index in [-0.39, 0.29) is 5.97 Å². The van der Waals surface area contributed by atoms with Crippen LogP contribution in [0.15, 0.2) is 0 Å². The first-order valence-electron chi connectivity index (χ1n) is 4.50. The first-order chi connectivity index (χ1) is 5.94. The predicted molar refractivity (Wildman–Crippen MR) is 52.4 cm³/mol. The summed E-state index contributed by atoms with van der Waals surface area (Å²) in [6.45, 7) is 5.52. The molecule has 0 saturated heterocycles. The zero-order chi connectivity index (χ0) is 10.5. The number of esters is 1. The summed E-state index contributed by atoms with van der Waals surface area (Å²) in [5.74, 6) is -0.350. The maximum atomic E-state index is 11.2. The second-order valence-electron chi connectivity index (χ2n) is 3.55. The van der Waals surface area contributed by atoms with Crippen molar-refractivity contribution in [3.8, 4) is 0 Å². The molecule has 0 saturated carbocycles. The second kappa shape index (κ2) is 5.19. The second-order valence-corrected chi connectivity index (χ2v) is 3.55. The molecule has 0 aromatic carbocycles. The summed E-state index contributed by atoms with van der Waals surface area (Å²) in [5.41, 5.74) is 4.91. The molecule has 0 rings (SSSR count). The Kier molecular flexibility index (Phi) is 4.95. The van der Waals surface area contributed by atoms with Crippen molar-refractivity contribution in [3.05, 3.63) is 0 Å². The van der Waals surface area contributed by atoms with Crippen molar-refractivity contribution in [2.75, 3.05) is 27.2 Å². The van der Waals surface area contributed by atoms with Gasteiger partial charge in [-0.15, -0.1) is 0 Å². The van der Waals surface area contributed by atoms with E-state index in [1.807, 2.05) is 7.05 Å². The summed E-state index contributed by atoms with van der Waals surface area (Å²) in [5, 5.41) is 0. The first kappa shape index (κ1) is 12.4. The topological polar surface area (TPSA) is 55.6 Å². The summed E-state index contributed by atoms with van der Waals surface area (Å²) < 4.78 is 4.60. The smallest absolute Gasteiger partial charge is 0.325 e. The summed E-state index contributed by atoms with van der Waals surface area (Å²) >= 11 is 0. The molecule has 0 aliphatic carbocycles. The minimum absolute atomic E-state index is 0.350. The predicted octanol–water partition coefficient (Wildman–Crippen LogP) is 0.219. The van der Waals surface area contributed by atoms with Gasteiger partial charge in [-0.25, -0.2) is 0 Å². The molecule has 0 amide bonds. The van der Waals surface area contributed by atoms with Crippen LogP contribution in [0.5, 0.6) is 0 Å². The van der Waals surface area contributed by atoms with Crippen molar-refractivity contribution in [3.63, 3.8) is 0 Å². The number of ether oxygens (including phenoxy) is 1. The summed E-state index contributed by atoms with van der Waals surface area (Å²) in [6, 6.07) is 0. The summed E-state index contributed by atoms with van der Waals surface area (Å²) in [6.07, 6.45) is 0.615. The largest absolute Gasteiger partial charge is 0.468 e. The van der Waals surface area contributed by atoms with Gasteiger partial charge in [0.1, 0.15) is 5.54 Å². The molecular formula is C9H20N2O2. The molecule has 13 heavy (non-hydrogen) atoms. The Hall–Kier alpha value is -0.610. The van der Waals surface area contributed by atoms with E-state index in [2.05, 4.69) is 16.6 Å². The van der Waals surface area contributed by atoms with E-state index in [4.69, 9.17) is 5.73 Å². The van der Waals surface area contributed by atoms with E-state index >= 15 is 0 Å². The van der Waals surface area contributed by atoms with Crippen LogP contribution in [0.25, 0.3) is 0 Å². The molecule has 0 aromatic rings. The lowest BCUT2D eigenvalue weighted by Crippen LogP contribution is -2.47. The molecule has 1 unspecified atom stereocenters. The lowest BCUT2D eigenvalue weighted by Gasteiger charge is -2.24. The Morgan fingerprint density at radius 3 is 2.54 bits per heavy atom. The highest BCUT2D eigenvalue weighted by atomic mass is 16.5. The molecular weight excluding hydrogens is 168 g/mol. The van der Waals surface area contributed by atoms with E-state index in [9.17, 15) is 4.79 Å². The molecule has 0 spiro atoms. The third-order valence-electron chi connectivity index (χ3n) is 2.20. The van der Waals surface area contributed by atoms with E-state index in [0.29, 0.717) is 6.42 Å². The number of carbonyl (C=O) groups is 1. The maximum Gasteiger partial charge on any atom is 0.325 e. The van der Waals surface area contributed by atoms with E-state index in [1.54, 1.807) is 6.92 Å². The minimum Gasteiger partial charge on any atom is -0.468 e. The molecule has 4 heteroatoms. The standard InChI is InChI=1S/C9H20N2O2/c1-5-11(3)7-6-9(2,10)8(12)13-4/h5-7,10H2,1-4H3. The maximum absolute atomic E-state index is 11.2. The van der Waals surface area contributed by atoms with Crippen molar-refractivity contribution in [1.29, 1.82) is 0 Å². The number of nitrogens with zero attached hydrogens (tertiary/aromatic N) is 1. The highest BCUT2D eigenvalue weighted by Crippen LogP contribution is 2.08. The average molecular weight is 188 g/mol. The van der Waals surface area contributed by atoms with Crippen LogP contribution >= 0.6 is 0 Å². The number of hydrogen-bond acceptors (Lipinski definition) is 4. The molecule has 0 aliphatic rings. The molecule has 4 nitrogen and oxygen atoms in total. The van der Waals surface area contributed by atoms with E-state index in [1.165, 1.54) is 7.11 Å². The van der Waals surface area contributed by atoms with Gasteiger partial charge in [-0.05, 0) is 26.9 Å². The number of nitrogens with two attached hydrogens (primary N) is 1. The highest BCUT2D eigenvalue weighted by molar-refractivity contribution is 5.79. The number of hydrogen-bond donors (Lipinski definition) is 1. The molecule has 0 heterocycles. The zero-order valence-corrected chi connectivity index (χ0v) is 8.96. The molecule has 0 fully saturated rings. The van der Waals surface area contributed by atoms with Gasteiger partial charge in [0.25, 0.3) is 0 Å². The van der Waals surface area contributed by atoms with Gasteiger partial charge in [-0.3, -0.25) is 4.79 Å². The summed E-state index contributed by atoms with van der Waals surface area (Å²) in [4.78, 5) is 13.3. The van der Waals surface area contributed by atoms with Crippen LogP contribution in [0.4, 0.5) is 0 Å². The van der Waals surface area contributed by atoms with Crippen molar-refractivity contribution in [2.24, 2.45) is 5.73 Å². The average Bonchev–Trinajstić information content (AvgIpc) is 2.12. The quantitative estimate of drug-likeness (QED) is 0.627. The summed E-state index contributed by atoms with van der Waals surface area (Å²) in [7, 11) is 3.35. The lowest BCUT2D eigenvalue weighted by molar-refractivity contribution is -0.146. The fraction of sp³-hybridized carbons (Fsp3) is 0.889. The lowest BCUT2D eigenvalue weighted by atomic mass is 9.99. The fourth-order valence-corrected chi connectivity index (χ4v) is 0.916. The third-order valence-corrected chi connectivity index (χ3v) is 2.20. The van der Waals surface area contributed by atoms with Gasteiger partial charge in [0, 0.05) is 6.54 Å². The Morgan fingerprint density at radius 1 is 1.62 bits per heavy atom. The van der Waals surface area contributed by atoms with Crippen molar-refractivity contribution in [1.82, 2.24) is 4.90 Å². The van der Waals surface area contributed by atoms with Crippen LogP contribution in [0.1, 0.15) is 20.3 Å². The highest BCUT2D eigenvalue weighted by Gasteiger charge is 2.28. The molecule has 0 bridgehead atoms.